The summed E-state index contributed by atoms with van der Waals surface area (Å²) in [5, 5.41) is 4.76. The van der Waals surface area contributed by atoms with E-state index in [1.54, 1.807) is 16.2 Å². The number of anilines is 1. The van der Waals surface area contributed by atoms with Gasteiger partial charge < -0.3 is 4.74 Å². The van der Waals surface area contributed by atoms with Crippen molar-refractivity contribution < 1.29 is 9.53 Å². The molecule has 1 fully saturated rings. The number of rotatable bonds is 6. The SMILES string of the molecule is Cc1cc2nc(N(CCCN3CCOCC3)C(=O)c3snnc3C)sc2cc1C. The van der Waals surface area contributed by atoms with Crippen LogP contribution in [0.2, 0.25) is 0 Å². The Kier molecular flexibility index (Phi) is 6.19. The first-order valence-electron chi connectivity index (χ1n) is 9.81. The number of hydrogen-bond donors (Lipinski definition) is 0. The highest BCUT2D eigenvalue weighted by Gasteiger charge is 2.25. The van der Waals surface area contributed by atoms with Crippen molar-refractivity contribution in [1.82, 2.24) is 19.5 Å². The molecule has 1 amide bonds. The van der Waals surface area contributed by atoms with Crippen LogP contribution in [0.15, 0.2) is 12.1 Å². The summed E-state index contributed by atoms with van der Waals surface area (Å²) >= 11 is 2.72. The molecule has 1 aliphatic heterocycles. The van der Waals surface area contributed by atoms with E-state index in [0.29, 0.717) is 17.1 Å². The zero-order valence-corrected chi connectivity index (χ0v) is 18.6. The molecule has 0 radical (unpaired) electrons. The lowest BCUT2D eigenvalue weighted by Crippen LogP contribution is -2.39. The summed E-state index contributed by atoms with van der Waals surface area (Å²) in [5.74, 6) is -0.0630. The summed E-state index contributed by atoms with van der Waals surface area (Å²) in [4.78, 5) is 22.9. The number of thiazole rings is 1. The van der Waals surface area contributed by atoms with Gasteiger partial charge in [0.25, 0.3) is 5.91 Å². The zero-order chi connectivity index (χ0) is 20.4. The van der Waals surface area contributed by atoms with Gasteiger partial charge in [-0.25, -0.2) is 4.98 Å². The molecule has 29 heavy (non-hydrogen) atoms. The molecule has 0 atom stereocenters. The third-order valence-electron chi connectivity index (χ3n) is 5.27. The number of hydrogen-bond acceptors (Lipinski definition) is 8. The van der Waals surface area contributed by atoms with Crippen molar-refractivity contribution in [2.24, 2.45) is 0 Å². The van der Waals surface area contributed by atoms with E-state index in [9.17, 15) is 4.79 Å². The molecule has 0 aliphatic carbocycles. The fraction of sp³-hybridized carbons (Fsp3) is 0.500. The number of aromatic nitrogens is 3. The first-order valence-corrected chi connectivity index (χ1v) is 11.4. The summed E-state index contributed by atoms with van der Waals surface area (Å²) in [7, 11) is 0. The minimum absolute atomic E-state index is 0.0630. The fourth-order valence-electron chi connectivity index (χ4n) is 3.39. The van der Waals surface area contributed by atoms with Crippen LogP contribution < -0.4 is 4.90 Å². The first-order chi connectivity index (χ1) is 14.0. The van der Waals surface area contributed by atoms with Crippen molar-refractivity contribution in [2.75, 3.05) is 44.3 Å². The van der Waals surface area contributed by atoms with Gasteiger partial charge in [-0.3, -0.25) is 14.6 Å². The van der Waals surface area contributed by atoms with Gasteiger partial charge in [-0.15, -0.1) is 5.10 Å². The van der Waals surface area contributed by atoms with Crippen molar-refractivity contribution in [3.63, 3.8) is 0 Å². The maximum absolute atomic E-state index is 13.3. The van der Waals surface area contributed by atoms with Crippen LogP contribution in [0.4, 0.5) is 5.13 Å². The fourth-order valence-corrected chi connectivity index (χ4v) is 5.07. The first kappa shape index (κ1) is 20.3. The highest BCUT2D eigenvalue weighted by atomic mass is 32.1. The highest BCUT2D eigenvalue weighted by molar-refractivity contribution is 7.22. The number of nitrogens with zero attached hydrogens (tertiary/aromatic N) is 5. The molecule has 4 rings (SSSR count). The Morgan fingerprint density at radius 2 is 1.97 bits per heavy atom. The minimum atomic E-state index is -0.0630. The average Bonchev–Trinajstić information content (AvgIpc) is 3.32. The van der Waals surface area contributed by atoms with Crippen LogP contribution in [0.3, 0.4) is 0 Å². The largest absolute Gasteiger partial charge is 0.379 e. The second-order valence-electron chi connectivity index (χ2n) is 7.35. The number of morpholine rings is 1. The van der Waals surface area contributed by atoms with Crippen molar-refractivity contribution in [3.05, 3.63) is 33.8 Å². The summed E-state index contributed by atoms with van der Waals surface area (Å²) in [5.41, 5.74) is 4.06. The molecule has 0 N–H and O–H groups in total. The van der Waals surface area contributed by atoms with Crippen LogP contribution in [-0.2, 0) is 4.74 Å². The van der Waals surface area contributed by atoms with Gasteiger partial charge in [0, 0.05) is 26.2 Å². The van der Waals surface area contributed by atoms with Gasteiger partial charge in [-0.2, -0.15) is 0 Å². The van der Waals surface area contributed by atoms with Gasteiger partial charge in [0.15, 0.2) is 5.13 Å². The Balaban J connectivity index is 1.58. The zero-order valence-electron chi connectivity index (χ0n) is 17.0. The van der Waals surface area contributed by atoms with Gasteiger partial charge in [0.05, 0.1) is 29.1 Å². The smallest absolute Gasteiger partial charge is 0.273 e. The second-order valence-corrected chi connectivity index (χ2v) is 9.12. The maximum Gasteiger partial charge on any atom is 0.273 e. The normalized spacial score (nSPS) is 15.1. The number of carbonyl (C=O) groups is 1. The van der Waals surface area contributed by atoms with E-state index in [1.807, 2.05) is 6.92 Å². The van der Waals surface area contributed by atoms with E-state index in [-0.39, 0.29) is 5.91 Å². The molecule has 9 heteroatoms. The van der Waals surface area contributed by atoms with Gasteiger partial charge in [0.2, 0.25) is 0 Å². The second kappa shape index (κ2) is 8.83. The van der Waals surface area contributed by atoms with E-state index >= 15 is 0 Å². The van der Waals surface area contributed by atoms with Crippen LogP contribution in [0.1, 0.15) is 32.9 Å². The van der Waals surface area contributed by atoms with Crippen LogP contribution in [-0.4, -0.2) is 64.8 Å². The van der Waals surface area contributed by atoms with Crippen LogP contribution >= 0.6 is 22.9 Å². The molecule has 1 aliphatic rings. The molecule has 0 spiro atoms. The predicted molar refractivity (Wildman–Crippen MR) is 117 cm³/mol. The van der Waals surface area contributed by atoms with Gasteiger partial charge >= 0.3 is 0 Å². The molecule has 154 valence electrons. The van der Waals surface area contributed by atoms with Gasteiger partial charge in [-0.05, 0) is 62.0 Å². The molecule has 0 unspecified atom stereocenters. The Morgan fingerprint density at radius 3 is 2.69 bits per heavy atom. The number of carbonyl (C=O) groups excluding carboxylic acids is 1. The van der Waals surface area contributed by atoms with Gasteiger partial charge in [0.1, 0.15) is 4.88 Å². The molecular formula is C20H25N5O2S2. The Hall–Kier alpha value is -1.94. The van der Waals surface area contributed by atoms with Crippen molar-refractivity contribution in [3.8, 4) is 0 Å². The van der Waals surface area contributed by atoms with E-state index in [2.05, 4.69) is 40.5 Å². The van der Waals surface area contributed by atoms with E-state index in [0.717, 1.165) is 66.1 Å². The Labute approximate surface area is 178 Å². The molecule has 7 nitrogen and oxygen atoms in total. The average molecular weight is 432 g/mol. The molecule has 0 bridgehead atoms. The summed E-state index contributed by atoms with van der Waals surface area (Å²) in [6, 6.07) is 4.25. The van der Waals surface area contributed by atoms with E-state index in [4.69, 9.17) is 9.72 Å². The lowest BCUT2D eigenvalue weighted by molar-refractivity contribution is 0.0376. The molecular weight excluding hydrogens is 406 g/mol. The number of benzene rings is 1. The molecule has 1 aromatic carbocycles. The van der Waals surface area contributed by atoms with Crippen molar-refractivity contribution in [2.45, 2.75) is 27.2 Å². The van der Waals surface area contributed by atoms with Crippen LogP contribution in [0.5, 0.6) is 0 Å². The van der Waals surface area contributed by atoms with Crippen molar-refractivity contribution >= 4 is 44.1 Å². The predicted octanol–water partition coefficient (Wildman–Crippen LogP) is 3.44. The summed E-state index contributed by atoms with van der Waals surface area (Å²) in [6.45, 7) is 11.0. The number of fused-ring (bicyclic) bond motifs is 1. The summed E-state index contributed by atoms with van der Waals surface area (Å²) < 4.78 is 10.5. The van der Waals surface area contributed by atoms with Crippen LogP contribution in [0.25, 0.3) is 10.2 Å². The molecule has 3 aromatic rings. The van der Waals surface area contributed by atoms with Crippen molar-refractivity contribution in [1.29, 1.82) is 0 Å². The molecule has 0 saturated carbocycles. The van der Waals surface area contributed by atoms with Crippen LogP contribution in [0, 0.1) is 20.8 Å². The number of amides is 1. The third kappa shape index (κ3) is 4.48. The lowest BCUT2D eigenvalue weighted by Gasteiger charge is -2.27. The Bertz CT molecular complexity index is 971. The molecule has 1 saturated heterocycles. The quantitative estimate of drug-likeness (QED) is 0.595. The molecule has 3 heterocycles. The monoisotopic (exact) mass is 431 g/mol. The topological polar surface area (TPSA) is 71.5 Å². The van der Waals surface area contributed by atoms with E-state index in [1.165, 1.54) is 11.1 Å². The lowest BCUT2D eigenvalue weighted by atomic mass is 10.1. The highest BCUT2D eigenvalue weighted by Crippen LogP contribution is 2.32. The number of ether oxygens (including phenoxy) is 1. The summed E-state index contributed by atoms with van der Waals surface area (Å²) in [6.07, 6.45) is 0.880. The van der Waals surface area contributed by atoms with E-state index < -0.39 is 0 Å². The standard InChI is InChI=1S/C20H25N5O2S2/c1-13-11-16-17(12-14(13)2)28-20(21-16)25(19(26)18-15(3)22-23-29-18)6-4-5-24-7-9-27-10-8-24/h11-12H,4-10H2,1-3H3. The Morgan fingerprint density at radius 1 is 1.21 bits per heavy atom. The number of aryl methyl sites for hydroxylation is 3. The minimum Gasteiger partial charge on any atom is -0.379 e. The third-order valence-corrected chi connectivity index (χ3v) is 7.13. The van der Waals surface area contributed by atoms with Gasteiger partial charge in [-0.1, -0.05) is 15.8 Å². The molecule has 2 aromatic heterocycles. The maximum atomic E-state index is 13.3.